The Bertz CT molecular complexity index is 678. The molecule has 2 fully saturated rings. The molecule has 2 aliphatic heterocycles. The molecular weight excluding hydrogens is 340 g/mol. The molecule has 6 nitrogen and oxygen atoms in total. The van der Waals surface area contributed by atoms with Crippen LogP contribution in [-0.2, 0) is 14.8 Å². The number of hydrogen-bond donors (Lipinski definition) is 0. The largest absolute Gasteiger partial charge is 0.497 e. The molecule has 3 rings (SSSR count). The zero-order valence-electron chi connectivity index (χ0n) is 15.1. The summed E-state index contributed by atoms with van der Waals surface area (Å²) in [5, 5.41) is 0. The van der Waals surface area contributed by atoms with Crippen LogP contribution >= 0.6 is 0 Å². The van der Waals surface area contributed by atoms with E-state index in [1.54, 1.807) is 29.6 Å². The van der Waals surface area contributed by atoms with Crippen molar-refractivity contribution >= 4 is 10.0 Å². The second-order valence-corrected chi connectivity index (χ2v) is 8.80. The van der Waals surface area contributed by atoms with Gasteiger partial charge in [-0.3, -0.25) is 4.90 Å². The molecule has 0 atom stereocenters. The van der Waals surface area contributed by atoms with Gasteiger partial charge in [0, 0.05) is 32.7 Å². The molecule has 0 aromatic heterocycles. The highest BCUT2D eigenvalue weighted by molar-refractivity contribution is 7.89. The first-order valence-corrected chi connectivity index (χ1v) is 10.4. The topological polar surface area (TPSA) is 59.1 Å². The number of benzene rings is 1. The van der Waals surface area contributed by atoms with Crippen molar-refractivity contribution in [3.8, 4) is 5.75 Å². The molecule has 0 spiro atoms. The van der Waals surface area contributed by atoms with Crippen molar-refractivity contribution in [1.82, 2.24) is 9.21 Å². The van der Waals surface area contributed by atoms with Gasteiger partial charge in [0.2, 0.25) is 10.0 Å². The van der Waals surface area contributed by atoms with E-state index in [0.717, 1.165) is 51.3 Å². The molecule has 25 heavy (non-hydrogen) atoms. The Morgan fingerprint density at radius 3 is 2.44 bits per heavy atom. The lowest BCUT2D eigenvalue weighted by Gasteiger charge is -2.35. The maximum atomic E-state index is 13.0. The minimum absolute atomic E-state index is 0.389. The van der Waals surface area contributed by atoms with E-state index in [2.05, 4.69) is 4.90 Å². The molecule has 0 radical (unpaired) electrons. The maximum Gasteiger partial charge on any atom is 0.243 e. The van der Waals surface area contributed by atoms with Crippen molar-refractivity contribution in [1.29, 1.82) is 0 Å². The summed E-state index contributed by atoms with van der Waals surface area (Å²) >= 11 is 0. The van der Waals surface area contributed by atoms with Crippen LogP contribution in [-0.4, -0.2) is 70.7 Å². The average Bonchev–Trinajstić information content (AvgIpc) is 2.62. The van der Waals surface area contributed by atoms with Gasteiger partial charge in [-0.15, -0.1) is 0 Å². The van der Waals surface area contributed by atoms with Crippen molar-refractivity contribution in [2.45, 2.75) is 24.7 Å². The van der Waals surface area contributed by atoms with Gasteiger partial charge in [-0.1, -0.05) is 0 Å². The number of ether oxygens (including phenoxy) is 2. The van der Waals surface area contributed by atoms with Gasteiger partial charge in [0.05, 0.1) is 25.2 Å². The molecule has 0 bridgehead atoms. The highest BCUT2D eigenvalue weighted by Gasteiger charge is 2.31. The van der Waals surface area contributed by atoms with Crippen LogP contribution in [0.2, 0.25) is 0 Å². The van der Waals surface area contributed by atoms with Crippen molar-refractivity contribution in [3.05, 3.63) is 23.8 Å². The van der Waals surface area contributed by atoms with Gasteiger partial charge >= 0.3 is 0 Å². The number of rotatable bonds is 5. The monoisotopic (exact) mass is 368 g/mol. The summed E-state index contributed by atoms with van der Waals surface area (Å²) in [6.07, 6.45) is 1.84. The minimum Gasteiger partial charge on any atom is -0.497 e. The van der Waals surface area contributed by atoms with E-state index in [-0.39, 0.29) is 0 Å². The van der Waals surface area contributed by atoms with Gasteiger partial charge in [0.25, 0.3) is 0 Å². The van der Waals surface area contributed by atoms with Crippen LogP contribution < -0.4 is 4.74 Å². The maximum absolute atomic E-state index is 13.0. The summed E-state index contributed by atoms with van der Waals surface area (Å²) in [5.41, 5.74) is 0.731. The molecule has 0 saturated carbocycles. The number of morpholine rings is 1. The summed E-state index contributed by atoms with van der Waals surface area (Å²) in [4.78, 5) is 2.83. The van der Waals surface area contributed by atoms with Gasteiger partial charge in [0.1, 0.15) is 5.75 Å². The highest BCUT2D eigenvalue weighted by Crippen LogP contribution is 2.28. The van der Waals surface area contributed by atoms with Crippen molar-refractivity contribution < 1.29 is 17.9 Å². The molecule has 2 heterocycles. The lowest BCUT2D eigenvalue weighted by atomic mass is 9.97. The summed E-state index contributed by atoms with van der Waals surface area (Å²) < 4.78 is 38.1. The summed E-state index contributed by atoms with van der Waals surface area (Å²) in [6.45, 7) is 7.67. The third-order valence-corrected chi connectivity index (χ3v) is 7.25. The van der Waals surface area contributed by atoms with Crippen molar-refractivity contribution in [2.24, 2.45) is 5.92 Å². The van der Waals surface area contributed by atoms with Crippen LogP contribution in [0.5, 0.6) is 5.75 Å². The summed E-state index contributed by atoms with van der Waals surface area (Å²) in [5.74, 6) is 1.25. The van der Waals surface area contributed by atoms with Crippen LogP contribution in [0.1, 0.15) is 18.4 Å². The Labute approximate surface area is 150 Å². The smallest absolute Gasteiger partial charge is 0.243 e. The summed E-state index contributed by atoms with van der Waals surface area (Å²) in [6, 6.07) is 5.15. The molecule has 7 heteroatoms. The fourth-order valence-corrected chi connectivity index (χ4v) is 5.33. The molecule has 0 amide bonds. The van der Waals surface area contributed by atoms with E-state index in [4.69, 9.17) is 9.47 Å². The standard InChI is InChI=1S/C18H28N2O4S/c1-15-13-17(23-2)3-4-18(15)25(21,22)20-7-5-16(6-8-20)14-19-9-11-24-12-10-19/h3-4,13,16H,5-12,14H2,1-2H3. The van der Waals surface area contributed by atoms with E-state index in [1.807, 2.05) is 6.92 Å². The molecule has 0 unspecified atom stereocenters. The quantitative estimate of drug-likeness (QED) is 0.792. The number of piperidine rings is 1. The number of aryl methyl sites for hydroxylation is 1. The van der Waals surface area contributed by atoms with Crippen LogP contribution in [0.15, 0.2) is 23.1 Å². The lowest BCUT2D eigenvalue weighted by molar-refractivity contribution is 0.0269. The Balaban J connectivity index is 1.61. The molecule has 140 valence electrons. The third-order valence-electron chi connectivity index (χ3n) is 5.19. The second-order valence-electron chi connectivity index (χ2n) is 6.89. The van der Waals surface area contributed by atoms with E-state index < -0.39 is 10.0 Å². The van der Waals surface area contributed by atoms with E-state index in [9.17, 15) is 8.42 Å². The molecule has 2 saturated heterocycles. The van der Waals surface area contributed by atoms with Crippen LogP contribution in [0.3, 0.4) is 0 Å². The number of methoxy groups -OCH3 is 1. The molecule has 0 aliphatic carbocycles. The molecular formula is C18H28N2O4S. The number of nitrogens with zero attached hydrogens (tertiary/aromatic N) is 2. The van der Waals surface area contributed by atoms with Gasteiger partial charge in [-0.05, 0) is 49.4 Å². The first-order valence-electron chi connectivity index (χ1n) is 8.95. The van der Waals surface area contributed by atoms with Crippen LogP contribution in [0, 0.1) is 12.8 Å². The number of hydrogen-bond acceptors (Lipinski definition) is 5. The first kappa shape index (κ1) is 18.6. The Kier molecular flexibility index (Phi) is 5.99. The highest BCUT2D eigenvalue weighted by atomic mass is 32.2. The Morgan fingerprint density at radius 1 is 1.16 bits per heavy atom. The van der Waals surface area contributed by atoms with E-state index >= 15 is 0 Å². The normalized spacial score (nSPS) is 21.4. The van der Waals surface area contributed by atoms with Crippen LogP contribution in [0.4, 0.5) is 0 Å². The number of sulfonamides is 1. The van der Waals surface area contributed by atoms with E-state index in [1.165, 1.54) is 0 Å². The van der Waals surface area contributed by atoms with Crippen LogP contribution in [0.25, 0.3) is 0 Å². The van der Waals surface area contributed by atoms with Gasteiger partial charge in [-0.2, -0.15) is 4.31 Å². The molecule has 2 aliphatic rings. The van der Waals surface area contributed by atoms with Crippen molar-refractivity contribution in [2.75, 3.05) is 53.0 Å². The average molecular weight is 368 g/mol. The molecule has 0 N–H and O–H groups in total. The Morgan fingerprint density at radius 2 is 1.84 bits per heavy atom. The summed E-state index contributed by atoms with van der Waals surface area (Å²) in [7, 11) is -1.84. The zero-order valence-corrected chi connectivity index (χ0v) is 15.9. The molecule has 1 aromatic carbocycles. The first-order chi connectivity index (χ1) is 12.0. The van der Waals surface area contributed by atoms with Gasteiger partial charge < -0.3 is 9.47 Å². The molecule has 1 aromatic rings. The zero-order chi connectivity index (χ0) is 17.9. The van der Waals surface area contributed by atoms with Crippen molar-refractivity contribution in [3.63, 3.8) is 0 Å². The Hall–Kier alpha value is -1.15. The fourth-order valence-electron chi connectivity index (χ4n) is 3.66. The predicted octanol–water partition coefficient (Wildman–Crippen LogP) is 1.74. The van der Waals surface area contributed by atoms with E-state index in [0.29, 0.717) is 29.7 Å². The van der Waals surface area contributed by atoms with Gasteiger partial charge in [-0.25, -0.2) is 8.42 Å². The fraction of sp³-hybridized carbons (Fsp3) is 0.667. The third kappa shape index (κ3) is 4.34. The SMILES string of the molecule is COc1ccc(S(=O)(=O)N2CCC(CN3CCOCC3)CC2)c(C)c1. The lowest BCUT2D eigenvalue weighted by Crippen LogP contribution is -2.44. The second kappa shape index (κ2) is 8.03. The predicted molar refractivity (Wildman–Crippen MR) is 96.5 cm³/mol. The van der Waals surface area contributed by atoms with Gasteiger partial charge in [0.15, 0.2) is 0 Å². The minimum atomic E-state index is -3.43.